The van der Waals surface area contributed by atoms with E-state index in [0.29, 0.717) is 13.1 Å². The van der Waals surface area contributed by atoms with Crippen LogP contribution in [-0.4, -0.2) is 49.7 Å². The van der Waals surface area contributed by atoms with Crippen LogP contribution in [-0.2, 0) is 9.53 Å². The average Bonchev–Trinajstić information content (AvgIpc) is 2.16. The van der Waals surface area contributed by atoms with Crippen molar-refractivity contribution >= 4 is 5.91 Å². The molecule has 0 rings (SSSR count). The number of carbonyl (C=O) groups excluding carboxylic acids is 1. The van der Waals surface area contributed by atoms with Gasteiger partial charge in [0.25, 0.3) is 0 Å². The molecule has 0 aromatic carbocycles. The molecule has 0 aliphatic heterocycles. The third-order valence-corrected chi connectivity index (χ3v) is 2.55. The van der Waals surface area contributed by atoms with Gasteiger partial charge in [-0.1, -0.05) is 0 Å². The molecule has 0 saturated carbocycles. The van der Waals surface area contributed by atoms with E-state index < -0.39 is 0 Å². The minimum absolute atomic E-state index is 0.108. The Balaban J connectivity index is 3.83. The summed E-state index contributed by atoms with van der Waals surface area (Å²) in [6, 6.07) is 0.245. The summed E-state index contributed by atoms with van der Waals surface area (Å²) in [5.41, 5.74) is -0.226. The van der Waals surface area contributed by atoms with E-state index in [-0.39, 0.29) is 17.6 Å². The Kier molecular flexibility index (Phi) is 5.83. The Bertz CT molecular complexity index is 203. The zero-order chi connectivity index (χ0) is 12.1. The van der Waals surface area contributed by atoms with Crippen LogP contribution in [0.3, 0.4) is 0 Å². The Hall–Kier alpha value is -0.610. The first-order chi connectivity index (χ1) is 6.80. The van der Waals surface area contributed by atoms with Crippen LogP contribution in [0.5, 0.6) is 0 Å². The minimum Gasteiger partial charge on any atom is -0.377 e. The fourth-order valence-corrected chi connectivity index (χ4v) is 0.955. The normalized spacial score (nSPS) is 11.9. The van der Waals surface area contributed by atoms with Crippen LogP contribution < -0.4 is 5.32 Å². The summed E-state index contributed by atoms with van der Waals surface area (Å²) in [7, 11) is 3.49. The third kappa shape index (κ3) is 5.74. The molecule has 0 atom stereocenters. The lowest BCUT2D eigenvalue weighted by Crippen LogP contribution is -2.44. The van der Waals surface area contributed by atoms with Gasteiger partial charge in [-0.25, -0.2) is 0 Å². The number of nitrogens with zero attached hydrogens (tertiary/aromatic N) is 1. The molecule has 0 aromatic rings. The van der Waals surface area contributed by atoms with Gasteiger partial charge >= 0.3 is 0 Å². The smallest absolute Gasteiger partial charge is 0.236 e. The topological polar surface area (TPSA) is 41.6 Å². The van der Waals surface area contributed by atoms with Crippen molar-refractivity contribution in [2.24, 2.45) is 0 Å². The standard InChI is InChI=1S/C11H24N2O2/c1-9(2)13(5)10(14)7-12-8-11(3,4)15-6/h9,12H,7-8H2,1-6H3. The number of hydrogen-bond acceptors (Lipinski definition) is 3. The number of rotatable bonds is 6. The summed E-state index contributed by atoms with van der Waals surface area (Å²) in [5.74, 6) is 0.108. The third-order valence-electron chi connectivity index (χ3n) is 2.55. The number of hydrogen-bond donors (Lipinski definition) is 1. The minimum atomic E-state index is -0.226. The van der Waals surface area contributed by atoms with Gasteiger partial charge in [0.05, 0.1) is 12.1 Å². The fraction of sp³-hybridized carbons (Fsp3) is 0.909. The highest BCUT2D eigenvalue weighted by atomic mass is 16.5. The van der Waals surface area contributed by atoms with Gasteiger partial charge in [0.2, 0.25) is 5.91 Å². The van der Waals surface area contributed by atoms with Crippen molar-refractivity contribution in [2.45, 2.75) is 39.3 Å². The van der Waals surface area contributed by atoms with E-state index in [1.54, 1.807) is 12.0 Å². The molecule has 90 valence electrons. The number of carbonyl (C=O) groups is 1. The molecule has 0 radical (unpaired) electrons. The summed E-state index contributed by atoms with van der Waals surface area (Å²) < 4.78 is 5.24. The first kappa shape index (κ1) is 14.4. The van der Waals surface area contributed by atoms with Crippen molar-refractivity contribution in [1.82, 2.24) is 10.2 Å². The van der Waals surface area contributed by atoms with E-state index in [9.17, 15) is 4.79 Å². The molecule has 0 heterocycles. The van der Waals surface area contributed by atoms with Gasteiger partial charge in [-0.3, -0.25) is 4.79 Å². The Labute approximate surface area is 93.0 Å². The second-order valence-electron chi connectivity index (χ2n) is 4.67. The Morgan fingerprint density at radius 3 is 2.40 bits per heavy atom. The SMILES string of the molecule is COC(C)(C)CNCC(=O)N(C)C(C)C. The zero-order valence-corrected chi connectivity index (χ0v) is 10.8. The summed E-state index contributed by atoms with van der Waals surface area (Å²) in [4.78, 5) is 13.3. The van der Waals surface area contributed by atoms with Gasteiger partial charge in [0, 0.05) is 26.7 Å². The summed E-state index contributed by atoms with van der Waals surface area (Å²) in [6.07, 6.45) is 0. The van der Waals surface area contributed by atoms with E-state index in [1.807, 2.05) is 34.7 Å². The molecule has 4 heteroatoms. The highest BCUT2D eigenvalue weighted by Gasteiger charge is 2.17. The first-order valence-corrected chi connectivity index (χ1v) is 5.31. The van der Waals surface area contributed by atoms with Crippen molar-refractivity contribution in [3.8, 4) is 0 Å². The van der Waals surface area contributed by atoms with Crippen LogP contribution in [0.4, 0.5) is 0 Å². The van der Waals surface area contributed by atoms with E-state index in [0.717, 1.165) is 0 Å². The fourth-order valence-electron chi connectivity index (χ4n) is 0.955. The van der Waals surface area contributed by atoms with Crippen LogP contribution in [0.25, 0.3) is 0 Å². The van der Waals surface area contributed by atoms with E-state index in [2.05, 4.69) is 5.32 Å². The number of methoxy groups -OCH3 is 1. The van der Waals surface area contributed by atoms with Gasteiger partial charge in [-0.15, -0.1) is 0 Å². The molecule has 0 aliphatic rings. The van der Waals surface area contributed by atoms with Gasteiger partial charge in [0.1, 0.15) is 0 Å². The van der Waals surface area contributed by atoms with Gasteiger partial charge in [-0.05, 0) is 27.7 Å². The summed E-state index contributed by atoms with van der Waals surface area (Å²) in [5, 5.41) is 3.10. The number of ether oxygens (including phenoxy) is 1. The lowest BCUT2D eigenvalue weighted by atomic mass is 10.1. The molecule has 0 fully saturated rings. The van der Waals surface area contributed by atoms with Crippen molar-refractivity contribution in [3.05, 3.63) is 0 Å². The molecule has 15 heavy (non-hydrogen) atoms. The number of amides is 1. The molecule has 1 N–H and O–H groups in total. The van der Waals surface area contributed by atoms with Crippen molar-refractivity contribution in [2.75, 3.05) is 27.2 Å². The largest absolute Gasteiger partial charge is 0.377 e. The van der Waals surface area contributed by atoms with Crippen molar-refractivity contribution < 1.29 is 9.53 Å². The van der Waals surface area contributed by atoms with Crippen LogP contribution in [0.2, 0.25) is 0 Å². The predicted octanol–water partition coefficient (Wildman–Crippen LogP) is 0.868. The first-order valence-electron chi connectivity index (χ1n) is 5.31. The summed E-state index contributed by atoms with van der Waals surface area (Å²) >= 11 is 0. The maximum Gasteiger partial charge on any atom is 0.236 e. The van der Waals surface area contributed by atoms with Crippen LogP contribution in [0.1, 0.15) is 27.7 Å². The van der Waals surface area contributed by atoms with Gasteiger partial charge < -0.3 is 15.0 Å². The lowest BCUT2D eigenvalue weighted by molar-refractivity contribution is -0.130. The summed E-state index contributed by atoms with van der Waals surface area (Å²) in [6.45, 7) is 8.99. The molecule has 0 unspecified atom stereocenters. The second kappa shape index (κ2) is 6.08. The molecule has 1 amide bonds. The van der Waals surface area contributed by atoms with E-state index in [4.69, 9.17) is 4.74 Å². The molecule has 0 spiro atoms. The maximum atomic E-state index is 11.6. The van der Waals surface area contributed by atoms with Gasteiger partial charge in [0.15, 0.2) is 0 Å². The molecular weight excluding hydrogens is 192 g/mol. The molecule has 0 saturated heterocycles. The predicted molar refractivity (Wildman–Crippen MR) is 61.9 cm³/mol. The van der Waals surface area contributed by atoms with Crippen molar-refractivity contribution in [1.29, 1.82) is 0 Å². The Morgan fingerprint density at radius 2 is 2.00 bits per heavy atom. The number of likely N-dealkylation sites (N-methyl/N-ethyl adjacent to an activating group) is 1. The van der Waals surface area contributed by atoms with Gasteiger partial charge in [-0.2, -0.15) is 0 Å². The Morgan fingerprint density at radius 1 is 1.47 bits per heavy atom. The van der Waals surface area contributed by atoms with E-state index >= 15 is 0 Å². The molecule has 0 bridgehead atoms. The molecular formula is C11H24N2O2. The van der Waals surface area contributed by atoms with Crippen LogP contribution in [0.15, 0.2) is 0 Å². The molecule has 0 aliphatic carbocycles. The molecule has 4 nitrogen and oxygen atoms in total. The molecule has 0 aromatic heterocycles. The number of nitrogens with one attached hydrogen (secondary N) is 1. The lowest BCUT2D eigenvalue weighted by Gasteiger charge is -2.25. The van der Waals surface area contributed by atoms with Crippen LogP contribution in [0, 0.1) is 0 Å². The quantitative estimate of drug-likeness (QED) is 0.716. The van der Waals surface area contributed by atoms with Crippen LogP contribution >= 0.6 is 0 Å². The maximum absolute atomic E-state index is 11.6. The van der Waals surface area contributed by atoms with Crippen molar-refractivity contribution in [3.63, 3.8) is 0 Å². The zero-order valence-electron chi connectivity index (χ0n) is 10.8. The highest BCUT2D eigenvalue weighted by Crippen LogP contribution is 2.04. The highest BCUT2D eigenvalue weighted by molar-refractivity contribution is 5.78. The monoisotopic (exact) mass is 216 g/mol. The van der Waals surface area contributed by atoms with E-state index in [1.165, 1.54) is 0 Å². The average molecular weight is 216 g/mol. The second-order valence-corrected chi connectivity index (χ2v) is 4.67.